The van der Waals surface area contributed by atoms with Gasteiger partial charge in [0.1, 0.15) is 5.82 Å². The third-order valence-electron chi connectivity index (χ3n) is 3.03. The van der Waals surface area contributed by atoms with Crippen molar-refractivity contribution in [3.8, 4) is 0 Å². The second kappa shape index (κ2) is 5.13. The van der Waals surface area contributed by atoms with Crippen molar-refractivity contribution in [3.63, 3.8) is 0 Å². The maximum absolute atomic E-state index is 12.9. The summed E-state index contributed by atoms with van der Waals surface area (Å²) in [5.41, 5.74) is 0.997. The van der Waals surface area contributed by atoms with E-state index in [0.717, 1.165) is 31.7 Å². The third kappa shape index (κ3) is 2.73. The molecule has 1 aliphatic rings. The number of nitrogens with one attached hydrogen (secondary N) is 1. The van der Waals surface area contributed by atoms with Gasteiger partial charge in [-0.3, -0.25) is 4.90 Å². The Hall–Kier alpha value is -0.640. The molecule has 2 rings (SSSR count). The summed E-state index contributed by atoms with van der Waals surface area (Å²) in [6.07, 6.45) is 0. The van der Waals surface area contributed by atoms with Crippen molar-refractivity contribution in [3.05, 3.63) is 34.6 Å². The highest BCUT2D eigenvalue weighted by atomic mass is 35.5. The van der Waals surface area contributed by atoms with Crippen LogP contribution in [0.5, 0.6) is 0 Å². The summed E-state index contributed by atoms with van der Waals surface area (Å²) in [7, 11) is 0. The number of hydrogen-bond donors (Lipinski definition) is 1. The van der Waals surface area contributed by atoms with Crippen LogP contribution in [0, 0.1) is 5.82 Å². The van der Waals surface area contributed by atoms with Gasteiger partial charge in [-0.05, 0) is 24.6 Å². The van der Waals surface area contributed by atoms with Gasteiger partial charge in [0.2, 0.25) is 0 Å². The van der Waals surface area contributed by atoms with Crippen molar-refractivity contribution < 1.29 is 4.39 Å². The summed E-state index contributed by atoms with van der Waals surface area (Å²) in [5, 5.41) is 3.86. The Balaban J connectivity index is 2.07. The highest BCUT2D eigenvalue weighted by molar-refractivity contribution is 6.31. The summed E-state index contributed by atoms with van der Waals surface area (Å²) < 4.78 is 12.9. The van der Waals surface area contributed by atoms with Crippen LogP contribution in [-0.4, -0.2) is 30.6 Å². The monoisotopic (exact) mass is 242 g/mol. The third-order valence-corrected chi connectivity index (χ3v) is 3.38. The van der Waals surface area contributed by atoms with E-state index < -0.39 is 0 Å². The van der Waals surface area contributed by atoms with Crippen molar-refractivity contribution in [2.24, 2.45) is 0 Å². The molecule has 1 heterocycles. The van der Waals surface area contributed by atoms with Crippen LogP contribution >= 0.6 is 11.6 Å². The second-order valence-electron chi connectivity index (χ2n) is 4.26. The maximum Gasteiger partial charge on any atom is 0.124 e. The summed E-state index contributed by atoms with van der Waals surface area (Å²) in [4.78, 5) is 2.36. The zero-order valence-corrected chi connectivity index (χ0v) is 10.1. The van der Waals surface area contributed by atoms with Crippen molar-refractivity contribution in [1.82, 2.24) is 10.2 Å². The minimum Gasteiger partial charge on any atom is -0.314 e. The van der Waals surface area contributed by atoms with E-state index >= 15 is 0 Å². The molecule has 0 bridgehead atoms. The van der Waals surface area contributed by atoms with Gasteiger partial charge in [0.15, 0.2) is 0 Å². The van der Waals surface area contributed by atoms with Gasteiger partial charge in [0.25, 0.3) is 0 Å². The van der Waals surface area contributed by atoms with E-state index in [1.165, 1.54) is 12.1 Å². The van der Waals surface area contributed by atoms with E-state index in [1.807, 2.05) is 0 Å². The molecule has 1 N–H and O–H groups in total. The SMILES string of the molecule is CC1CNCCN1Cc1ccc(F)cc1Cl. The van der Waals surface area contributed by atoms with E-state index in [1.54, 1.807) is 6.07 Å². The molecule has 1 aliphatic heterocycles. The van der Waals surface area contributed by atoms with Gasteiger partial charge in [-0.25, -0.2) is 4.39 Å². The molecule has 16 heavy (non-hydrogen) atoms. The fraction of sp³-hybridized carbons (Fsp3) is 0.500. The standard InChI is InChI=1S/C12H16ClFN2/c1-9-7-15-4-5-16(9)8-10-2-3-11(14)6-12(10)13/h2-3,6,9,15H,4-5,7-8H2,1H3. The van der Waals surface area contributed by atoms with E-state index in [2.05, 4.69) is 17.1 Å². The van der Waals surface area contributed by atoms with Crippen molar-refractivity contribution in [1.29, 1.82) is 0 Å². The molecule has 88 valence electrons. The Morgan fingerprint density at radius 3 is 3.06 bits per heavy atom. The summed E-state index contributed by atoms with van der Waals surface area (Å²) >= 11 is 6.01. The molecular weight excluding hydrogens is 227 g/mol. The normalized spacial score (nSPS) is 22.3. The Morgan fingerprint density at radius 1 is 1.56 bits per heavy atom. The van der Waals surface area contributed by atoms with Gasteiger partial charge < -0.3 is 5.32 Å². The number of piperazine rings is 1. The molecule has 4 heteroatoms. The van der Waals surface area contributed by atoms with Crippen molar-refractivity contribution in [2.75, 3.05) is 19.6 Å². The fourth-order valence-electron chi connectivity index (χ4n) is 1.99. The smallest absolute Gasteiger partial charge is 0.124 e. The molecule has 1 unspecified atom stereocenters. The number of benzene rings is 1. The molecule has 0 spiro atoms. The van der Waals surface area contributed by atoms with Crippen LogP contribution < -0.4 is 5.32 Å². The predicted octanol–water partition coefficient (Wildman–Crippen LogP) is 2.27. The Labute approximate surface area is 100 Å². The van der Waals surface area contributed by atoms with E-state index in [4.69, 9.17) is 11.6 Å². The van der Waals surface area contributed by atoms with Gasteiger partial charge in [-0.2, -0.15) is 0 Å². The number of rotatable bonds is 2. The first-order chi connectivity index (χ1) is 7.66. The molecule has 1 saturated heterocycles. The van der Waals surface area contributed by atoms with Crippen LogP contribution in [-0.2, 0) is 6.54 Å². The molecule has 0 amide bonds. The van der Waals surface area contributed by atoms with Crippen molar-refractivity contribution in [2.45, 2.75) is 19.5 Å². The zero-order chi connectivity index (χ0) is 11.5. The second-order valence-corrected chi connectivity index (χ2v) is 4.67. The Morgan fingerprint density at radius 2 is 2.38 bits per heavy atom. The maximum atomic E-state index is 12.9. The molecule has 1 aromatic rings. The van der Waals surface area contributed by atoms with Crippen molar-refractivity contribution >= 4 is 11.6 Å². The summed E-state index contributed by atoms with van der Waals surface area (Å²) in [5.74, 6) is -0.276. The summed E-state index contributed by atoms with van der Waals surface area (Å²) in [6, 6.07) is 5.11. The lowest BCUT2D eigenvalue weighted by molar-refractivity contribution is 0.165. The van der Waals surface area contributed by atoms with Crippen LogP contribution in [0.4, 0.5) is 4.39 Å². The van der Waals surface area contributed by atoms with Gasteiger partial charge in [-0.1, -0.05) is 17.7 Å². The molecule has 0 radical (unpaired) electrons. The molecular formula is C12H16ClFN2. The van der Waals surface area contributed by atoms with E-state index in [9.17, 15) is 4.39 Å². The topological polar surface area (TPSA) is 15.3 Å². The molecule has 1 fully saturated rings. The Kier molecular flexibility index (Phi) is 3.79. The number of nitrogens with zero attached hydrogens (tertiary/aromatic N) is 1. The molecule has 0 saturated carbocycles. The number of halogens is 2. The summed E-state index contributed by atoms with van der Waals surface area (Å²) in [6.45, 7) is 5.99. The molecule has 1 atom stereocenters. The average molecular weight is 243 g/mol. The van der Waals surface area contributed by atoms with Gasteiger partial charge in [0.05, 0.1) is 0 Å². The molecule has 0 aromatic heterocycles. The van der Waals surface area contributed by atoms with Crippen LogP contribution in [0.25, 0.3) is 0 Å². The fourth-order valence-corrected chi connectivity index (χ4v) is 2.21. The highest BCUT2D eigenvalue weighted by Crippen LogP contribution is 2.20. The minimum absolute atomic E-state index is 0.276. The average Bonchev–Trinajstić information content (AvgIpc) is 2.25. The largest absolute Gasteiger partial charge is 0.314 e. The molecule has 2 nitrogen and oxygen atoms in total. The van der Waals surface area contributed by atoms with E-state index in [0.29, 0.717) is 11.1 Å². The lowest BCUT2D eigenvalue weighted by Crippen LogP contribution is -2.49. The van der Waals surface area contributed by atoms with Gasteiger partial charge in [0, 0.05) is 37.2 Å². The lowest BCUT2D eigenvalue weighted by Gasteiger charge is -2.34. The van der Waals surface area contributed by atoms with Crippen LogP contribution in [0.3, 0.4) is 0 Å². The minimum atomic E-state index is -0.276. The van der Waals surface area contributed by atoms with Crippen LogP contribution in [0.2, 0.25) is 5.02 Å². The first kappa shape index (κ1) is 11.8. The quantitative estimate of drug-likeness (QED) is 0.856. The van der Waals surface area contributed by atoms with Gasteiger partial charge in [-0.15, -0.1) is 0 Å². The van der Waals surface area contributed by atoms with Crippen LogP contribution in [0.15, 0.2) is 18.2 Å². The number of hydrogen-bond acceptors (Lipinski definition) is 2. The first-order valence-corrected chi connectivity index (χ1v) is 5.93. The molecule has 1 aromatic carbocycles. The predicted molar refractivity (Wildman–Crippen MR) is 64.2 cm³/mol. The lowest BCUT2D eigenvalue weighted by atomic mass is 10.1. The molecule has 0 aliphatic carbocycles. The van der Waals surface area contributed by atoms with Crippen LogP contribution in [0.1, 0.15) is 12.5 Å². The zero-order valence-electron chi connectivity index (χ0n) is 9.34. The highest BCUT2D eigenvalue weighted by Gasteiger charge is 2.18. The first-order valence-electron chi connectivity index (χ1n) is 5.55. The van der Waals surface area contributed by atoms with E-state index in [-0.39, 0.29) is 5.82 Å². The van der Waals surface area contributed by atoms with Gasteiger partial charge >= 0.3 is 0 Å². The Bertz CT molecular complexity index is 370.